The number of aryl methyl sites for hydroxylation is 2. The molecule has 0 bridgehead atoms. The Morgan fingerprint density at radius 2 is 1.90 bits per heavy atom. The van der Waals surface area contributed by atoms with E-state index >= 15 is 0 Å². The normalized spacial score (nSPS) is 31.4. The fourth-order valence-electron chi connectivity index (χ4n) is 4.11. The lowest BCUT2D eigenvalue weighted by Gasteiger charge is -2.60. The van der Waals surface area contributed by atoms with E-state index < -0.39 is 0 Å². The SMILES string of the molecule is Cc1cc(Br)cc(C)c1NC1C2CCCOC2C1(C)C. The summed E-state index contributed by atoms with van der Waals surface area (Å²) in [5.41, 5.74) is 4.15. The Bertz CT molecular complexity index is 503. The van der Waals surface area contributed by atoms with E-state index in [0.717, 1.165) is 11.1 Å². The van der Waals surface area contributed by atoms with Gasteiger partial charge in [-0.2, -0.15) is 0 Å². The molecule has 2 fully saturated rings. The summed E-state index contributed by atoms with van der Waals surface area (Å²) in [6.07, 6.45) is 2.93. The van der Waals surface area contributed by atoms with Crippen LogP contribution in [0.15, 0.2) is 16.6 Å². The maximum absolute atomic E-state index is 5.99. The molecule has 1 aromatic rings. The van der Waals surface area contributed by atoms with Crippen molar-refractivity contribution in [3.8, 4) is 0 Å². The number of hydrogen-bond acceptors (Lipinski definition) is 2. The van der Waals surface area contributed by atoms with Crippen LogP contribution >= 0.6 is 15.9 Å². The number of benzene rings is 1. The Hall–Kier alpha value is -0.540. The zero-order chi connectivity index (χ0) is 14.5. The molecule has 1 aliphatic heterocycles. The molecular weight excluding hydrogens is 314 g/mol. The highest BCUT2D eigenvalue weighted by molar-refractivity contribution is 9.10. The fraction of sp³-hybridized carbons (Fsp3) is 0.647. The third-order valence-electron chi connectivity index (χ3n) is 5.13. The molecule has 1 saturated heterocycles. The molecule has 1 saturated carbocycles. The zero-order valence-electron chi connectivity index (χ0n) is 12.8. The van der Waals surface area contributed by atoms with Crippen molar-refractivity contribution < 1.29 is 4.74 Å². The number of fused-ring (bicyclic) bond motifs is 1. The van der Waals surface area contributed by atoms with Crippen molar-refractivity contribution in [1.29, 1.82) is 0 Å². The maximum Gasteiger partial charge on any atom is 0.0693 e. The molecule has 3 heteroatoms. The summed E-state index contributed by atoms with van der Waals surface area (Å²) in [5, 5.41) is 3.83. The molecule has 20 heavy (non-hydrogen) atoms. The third-order valence-corrected chi connectivity index (χ3v) is 5.59. The summed E-state index contributed by atoms with van der Waals surface area (Å²) < 4.78 is 7.15. The minimum absolute atomic E-state index is 0.219. The molecule has 0 aromatic heterocycles. The first-order chi connectivity index (χ1) is 9.41. The van der Waals surface area contributed by atoms with Crippen LogP contribution in [-0.2, 0) is 4.74 Å². The van der Waals surface area contributed by atoms with E-state index in [2.05, 4.69) is 61.1 Å². The second-order valence-corrected chi connectivity index (χ2v) is 7.87. The van der Waals surface area contributed by atoms with Crippen molar-refractivity contribution in [3.63, 3.8) is 0 Å². The van der Waals surface area contributed by atoms with Crippen molar-refractivity contribution in [2.45, 2.75) is 52.7 Å². The first-order valence-corrected chi connectivity index (χ1v) is 8.35. The number of rotatable bonds is 2. The molecule has 1 aromatic carbocycles. The van der Waals surface area contributed by atoms with E-state index in [9.17, 15) is 0 Å². The van der Waals surface area contributed by atoms with Crippen LogP contribution in [0.25, 0.3) is 0 Å². The Balaban J connectivity index is 1.85. The van der Waals surface area contributed by atoms with Gasteiger partial charge in [0.2, 0.25) is 0 Å². The molecule has 2 nitrogen and oxygen atoms in total. The van der Waals surface area contributed by atoms with Gasteiger partial charge in [-0.05, 0) is 49.9 Å². The van der Waals surface area contributed by atoms with Crippen LogP contribution in [0.1, 0.15) is 37.8 Å². The molecule has 0 radical (unpaired) electrons. The van der Waals surface area contributed by atoms with Gasteiger partial charge in [-0.1, -0.05) is 29.8 Å². The molecule has 3 rings (SSSR count). The van der Waals surface area contributed by atoms with Gasteiger partial charge in [0.1, 0.15) is 0 Å². The summed E-state index contributed by atoms with van der Waals surface area (Å²) in [6.45, 7) is 9.97. The van der Waals surface area contributed by atoms with E-state index in [1.165, 1.54) is 29.7 Å². The Labute approximate surface area is 130 Å². The predicted octanol–water partition coefficient (Wildman–Crippen LogP) is 4.68. The average molecular weight is 338 g/mol. The monoisotopic (exact) mass is 337 g/mol. The largest absolute Gasteiger partial charge is 0.381 e. The van der Waals surface area contributed by atoms with Crippen LogP contribution in [-0.4, -0.2) is 18.8 Å². The molecule has 1 aliphatic carbocycles. The van der Waals surface area contributed by atoms with Crippen LogP contribution in [0.5, 0.6) is 0 Å². The molecule has 3 atom stereocenters. The molecular formula is C17H24BrNO. The van der Waals surface area contributed by atoms with Gasteiger partial charge in [0, 0.05) is 34.1 Å². The first-order valence-electron chi connectivity index (χ1n) is 7.56. The van der Waals surface area contributed by atoms with Crippen LogP contribution in [0.4, 0.5) is 5.69 Å². The predicted molar refractivity (Wildman–Crippen MR) is 87.3 cm³/mol. The Kier molecular flexibility index (Phi) is 3.62. The van der Waals surface area contributed by atoms with E-state index in [0.29, 0.717) is 18.1 Å². The van der Waals surface area contributed by atoms with Crippen molar-refractivity contribution in [2.75, 3.05) is 11.9 Å². The summed E-state index contributed by atoms with van der Waals surface area (Å²) in [7, 11) is 0. The number of nitrogens with one attached hydrogen (secondary N) is 1. The van der Waals surface area contributed by atoms with Gasteiger partial charge in [-0.3, -0.25) is 0 Å². The summed E-state index contributed by atoms with van der Waals surface area (Å²) >= 11 is 3.57. The highest BCUT2D eigenvalue weighted by Gasteiger charge is 2.58. The molecule has 1 heterocycles. The van der Waals surface area contributed by atoms with Gasteiger partial charge in [-0.25, -0.2) is 0 Å². The van der Waals surface area contributed by atoms with Crippen LogP contribution < -0.4 is 5.32 Å². The van der Waals surface area contributed by atoms with E-state index in [1.54, 1.807) is 0 Å². The van der Waals surface area contributed by atoms with Crippen LogP contribution in [0.2, 0.25) is 0 Å². The van der Waals surface area contributed by atoms with Crippen molar-refractivity contribution >= 4 is 21.6 Å². The summed E-state index contributed by atoms with van der Waals surface area (Å²) in [6, 6.07) is 4.90. The Morgan fingerprint density at radius 1 is 1.25 bits per heavy atom. The van der Waals surface area contributed by atoms with Crippen molar-refractivity contribution in [2.24, 2.45) is 11.3 Å². The van der Waals surface area contributed by atoms with E-state index in [1.807, 2.05) is 0 Å². The number of anilines is 1. The molecule has 3 unspecified atom stereocenters. The topological polar surface area (TPSA) is 21.3 Å². The average Bonchev–Trinajstić information content (AvgIpc) is 2.37. The van der Waals surface area contributed by atoms with Gasteiger partial charge in [-0.15, -0.1) is 0 Å². The molecule has 2 aliphatic rings. The van der Waals surface area contributed by atoms with Crippen molar-refractivity contribution in [1.82, 2.24) is 0 Å². The minimum Gasteiger partial charge on any atom is -0.381 e. The molecule has 0 spiro atoms. The first kappa shape index (κ1) is 14.4. The summed E-state index contributed by atoms with van der Waals surface area (Å²) in [4.78, 5) is 0. The van der Waals surface area contributed by atoms with Crippen molar-refractivity contribution in [3.05, 3.63) is 27.7 Å². The van der Waals surface area contributed by atoms with Gasteiger partial charge in [0.05, 0.1) is 6.10 Å². The summed E-state index contributed by atoms with van der Waals surface area (Å²) in [5.74, 6) is 0.668. The number of hydrogen-bond donors (Lipinski definition) is 1. The van der Waals surface area contributed by atoms with Crippen LogP contribution in [0.3, 0.4) is 0 Å². The van der Waals surface area contributed by atoms with Gasteiger partial charge >= 0.3 is 0 Å². The standard InChI is InChI=1S/C17H24BrNO/c1-10-8-12(18)9-11(2)14(10)19-15-13-6-5-7-20-16(13)17(15,3)4/h8-9,13,15-16,19H,5-7H2,1-4H3. The lowest BCUT2D eigenvalue weighted by molar-refractivity contribution is -0.177. The van der Waals surface area contributed by atoms with E-state index in [4.69, 9.17) is 4.74 Å². The second-order valence-electron chi connectivity index (χ2n) is 6.96. The molecule has 1 N–H and O–H groups in total. The van der Waals surface area contributed by atoms with Gasteiger partial charge < -0.3 is 10.1 Å². The number of halogens is 1. The molecule has 0 amide bonds. The van der Waals surface area contributed by atoms with Crippen LogP contribution in [0, 0.1) is 25.2 Å². The molecule has 110 valence electrons. The minimum atomic E-state index is 0.219. The lowest BCUT2D eigenvalue weighted by atomic mass is 9.55. The number of ether oxygens (including phenoxy) is 1. The van der Waals surface area contributed by atoms with E-state index in [-0.39, 0.29) is 5.41 Å². The second kappa shape index (κ2) is 5.03. The highest BCUT2D eigenvalue weighted by Crippen LogP contribution is 2.52. The zero-order valence-corrected chi connectivity index (χ0v) is 14.4. The highest BCUT2D eigenvalue weighted by atomic mass is 79.9. The Morgan fingerprint density at radius 3 is 2.55 bits per heavy atom. The van der Waals surface area contributed by atoms with Gasteiger partial charge in [0.15, 0.2) is 0 Å². The maximum atomic E-state index is 5.99. The quantitative estimate of drug-likeness (QED) is 0.845. The lowest BCUT2D eigenvalue weighted by Crippen LogP contribution is -2.67. The smallest absolute Gasteiger partial charge is 0.0693 e. The third kappa shape index (κ3) is 2.19. The fourth-order valence-corrected chi connectivity index (χ4v) is 4.80. The van der Waals surface area contributed by atoms with Gasteiger partial charge in [0.25, 0.3) is 0 Å².